The molecule has 7 heteroatoms. The Hall–Kier alpha value is -2.44. The third kappa shape index (κ3) is 3.24. The Bertz CT molecular complexity index is 652. The van der Waals surface area contributed by atoms with Crippen LogP contribution >= 0.6 is 0 Å². The predicted octanol–water partition coefficient (Wildman–Crippen LogP) is 2.26. The number of nitrogens with one attached hydrogen (secondary N) is 1. The number of rotatable bonds is 3. The van der Waals surface area contributed by atoms with Crippen molar-refractivity contribution in [3.8, 4) is 0 Å². The normalized spacial score (nSPS) is 18.3. The monoisotopic (exact) mass is 301 g/mol. The van der Waals surface area contributed by atoms with Gasteiger partial charge in [0, 0.05) is 19.2 Å². The number of piperidine rings is 1. The second-order valence-electron chi connectivity index (χ2n) is 5.75. The molecule has 1 N–H and O–H groups in total. The molecule has 1 amide bonds. The fourth-order valence-corrected chi connectivity index (χ4v) is 2.62. The van der Waals surface area contributed by atoms with E-state index in [2.05, 4.69) is 32.5 Å². The van der Waals surface area contributed by atoms with Gasteiger partial charge in [-0.2, -0.15) is 0 Å². The number of amides is 1. The van der Waals surface area contributed by atoms with Gasteiger partial charge in [0.2, 0.25) is 0 Å². The lowest BCUT2D eigenvalue weighted by molar-refractivity contribution is 0.102. The highest BCUT2D eigenvalue weighted by Gasteiger charge is 2.18. The molecule has 7 nitrogen and oxygen atoms in total. The summed E-state index contributed by atoms with van der Waals surface area (Å²) in [5.41, 5.74) is 0.259. The van der Waals surface area contributed by atoms with Crippen LogP contribution in [0.15, 0.2) is 22.7 Å². The zero-order valence-electron chi connectivity index (χ0n) is 12.7. The molecule has 0 radical (unpaired) electrons. The Kier molecular flexibility index (Phi) is 4.04. The molecule has 1 fully saturated rings. The summed E-state index contributed by atoms with van der Waals surface area (Å²) in [6, 6.07) is 5.17. The first kappa shape index (κ1) is 14.5. The van der Waals surface area contributed by atoms with Crippen molar-refractivity contribution < 1.29 is 9.32 Å². The van der Waals surface area contributed by atoms with E-state index < -0.39 is 0 Å². The van der Waals surface area contributed by atoms with Crippen molar-refractivity contribution >= 4 is 17.5 Å². The molecule has 22 heavy (non-hydrogen) atoms. The minimum Gasteiger partial charge on any atom is -0.360 e. The molecule has 1 aliphatic rings. The maximum absolute atomic E-state index is 12.1. The van der Waals surface area contributed by atoms with Crippen LogP contribution in [0.3, 0.4) is 0 Å². The number of aromatic nitrogens is 3. The maximum Gasteiger partial charge on any atom is 0.277 e. The van der Waals surface area contributed by atoms with Crippen LogP contribution in [0.5, 0.6) is 0 Å². The van der Waals surface area contributed by atoms with Crippen LogP contribution in [0.2, 0.25) is 0 Å². The van der Waals surface area contributed by atoms with Gasteiger partial charge in [-0.15, -0.1) is 10.2 Å². The zero-order chi connectivity index (χ0) is 15.5. The SMILES string of the molecule is Cc1cc(NC(=O)c2ccc(N3CCCC(C)C3)nn2)no1. The van der Waals surface area contributed by atoms with Crippen molar-refractivity contribution in [2.24, 2.45) is 5.92 Å². The van der Waals surface area contributed by atoms with Gasteiger partial charge in [0.1, 0.15) is 5.76 Å². The molecule has 1 atom stereocenters. The number of anilines is 2. The fraction of sp³-hybridized carbons (Fsp3) is 0.467. The number of hydrogen-bond acceptors (Lipinski definition) is 6. The van der Waals surface area contributed by atoms with E-state index in [1.54, 1.807) is 19.1 Å². The van der Waals surface area contributed by atoms with Gasteiger partial charge in [0.25, 0.3) is 5.91 Å². The molecule has 3 rings (SSSR count). The van der Waals surface area contributed by atoms with E-state index in [0.717, 1.165) is 25.3 Å². The Balaban J connectivity index is 1.67. The Morgan fingerprint density at radius 2 is 2.27 bits per heavy atom. The van der Waals surface area contributed by atoms with E-state index in [1.807, 2.05) is 6.07 Å². The van der Waals surface area contributed by atoms with Crippen LogP contribution in [0, 0.1) is 12.8 Å². The first-order valence-electron chi connectivity index (χ1n) is 7.45. The van der Waals surface area contributed by atoms with Crippen LogP contribution < -0.4 is 10.2 Å². The molecule has 1 saturated heterocycles. The largest absolute Gasteiger partial charge is 0.360 e. The average molecular weight is 301 g/mol. The molecule has 116 valence electrons. The minimum absolute atomic E-state index is 0.259. The summed E-state index contributed by atoms with van der Waals surface area (Å²) in [5, 5.41) is 14.5. The van der Waals surface area contributed by atoms with Crippen molar-refractivity contribution in [3.63, 3.8) is 0 Å². The molecule has 0 saturated carbocycles. The highest BCUT2D eigenvalue weighted by Crippen LogP contribution is 2.20. The third-order valence-corrected chi connectivity index (χ3v) is 3.73. The highest BCUT2D eigenvalue weighted by molar-refractivity contribution is 6.02. The predicted molar refractivity (Wildman–Crippen MR) is 81.8 cm³/mol. The molecule has 3 heterocycles. The van der Waals surface area contributed by atoms with Crippen molar-refractivity contribution in [3.05, 3.63) is 29.7 Å². The van der Waals surface area contributed by atoms with Gasteiger partial charge in [-0.3, -0.25) is 4.79 Å². The average Bonchev–Trinajstić information content (AvgIpc) is 2.92. The van der Waals surface area contributed by atoms with Gasteiger partial charge in [-0.25, -0.2) is 0 Å². The van der Waals surface area contributed by atoms with Crippen molar-refractivity contribution in [1.29, 1.82) is 0 Å². The number of carbonyl (C=O) groups is 1. The molecular formula is C15H19N5O2. The van der Waals surface area contributed by atoms with Crippen LogP contribution in [0.1, 0.15) is 36.0 Å². The van der Waals surface area contributed by atoms with E-state index in [0.29, 0.717) is 17.5 Å². The van der Waals surface area contributed by atoms with E-state index in [-0.39, 0.29) is 11.6 Å². The third-order valence-electron chi connectivity index (χ3n) is 3.73. The molecule has 2 aromatic heterocycles. The lowest BCUT2D eigenvalue weighted by Crippen LogP contribution is -2.35. The second kappa shape index (κ2) is 6.13. The lowest BCUT2D eigenvalue weighted by Gasteiger charge is -2.31. The number of nitrogens with zero attached hydrogens (tertiary/aromatic N) is 4. The molecule has 0 spiro atoms. The number of hydrogen-bond donors (Lipinski definition) is 1. The smallest absolute Gasteiger partial charge is 0.277 e. The van der Waals surface area contributed by atoms with Crippen molar-refractivity contribution in [1.82, 2.24) is 15.4 Å². The topological polar surface area (TPSA) is 84.2 Å². The second-order valence-corrected chi connectivity index (χ2v) is 5.75. The van der Waals surface area contributed by atoms with E-state index in [9.17, 15) is 4.79 Å². The summed E-state index contributed by atoms with van der Waals surface area (Å²) in [7, 11) is 0. The molecule has 2 aromatic rings. The lowest BCUT2D eigenvalue weighted by atomic mass is 10.0. The molecule has 0 aliphatic carbocycles. The van der Waals surface area contributed by atoms with Crippen LogP contribution in [0.25, 0.3) is 0 Å². The molecular weight excluding hydrogens is 282 g/mol. The Morgan fingerprint density at radius 3 is 2.91 bits per heavy atom. The summed E-state index contributed by atoms with van der Waals surface area (Å²) in [5.74, 6) is 2.14. The quantitative estimate of drug-likeness (QED) is 0.936. The molecule has 0 bridgehead atoms. The fourth-order valence-electron chi connectivity index (χ4n) is 2.62. The van der Waals surface area contributed by atoms with Gasteiger partial charge in [0.05, 0.1) is 0 Å². The standard InChI is InChI=1S/C15H19N5O2/c1-10-4-3-7-20(9-10)14-6-5-12(17-18-14)15(21)16-13-8-11(2)22-19-13/h5-6,8,10H,3-4,7,9H2,1-2H3,(H,16,19,21). The molecule has 0 aromatic carbocycles. The van der Waals surface area contributed by atoms with E-state index in [1.165, 1.54) is 6.42 Å². The van der Waals surface area contributed by atoms with Crippen LogP contribution in [0.4, 0.5) is 11.6 Å². The van der Waals surface area contributed by atoms with Gasteiger partial charge in [0.15, 0.2) is 17.3 Å². The summed E-state index contributed by atoms with van der Waals surface area (Å²) < 4.78 is 4.90. The Labute approximate surface area is 128 Å². The number of aryl methyl sites for hydroxylation is 1. The van der Waals surface area contributed by atoms with E-state index >= 15 is 0 Å². The summed E-state index contributed by atoms with van der Waals surface area (Å²) >= 11 is 0. The summed E-state index contributed by atoms with van der Waals surface area (Å²) in [6.07, 6.45) is 2.41. The van der Waals surface area contributed by atoms with E-state index in [4.69, 9.17) is 4.52 Å². The highest BCUT2D eigenvalue weighted by atomic mass is 16.5. The van der Waals surface area contributed by atoms with Crippen molar-refractivity contribution in [2.45, 2.75) is 26.7 Å². The van der Waals surface area contributed by atoms with Gasteiger partial charge in [-0.1, -0.05) is 12.1 Å². The molecule has 1 aliphatic heterocycles. The maximum atomic E-state index is 12.1. The minimum atomic E-state index is -0.348. The summed E-state index contributed by atoms with van der Waals surface area (Å²) in [6.45, 7) is 5.97. The van der Waals surface area contributed by atoms with Crippen molar-refractivity contribution in [2.75, 3.05) is 23.3 Å². The van der Waals surface area contributed by atoms with Crippen LogP contribution in [-0.4, -0.2) is 34.4 Å². The van der Waals surface area contributed by atoms with Gasteiger partial charge >= 0.3 is 0 Å². The zero-order valence-corrected chi connectivity index (χ0v) is 12.7. The first-order chi connectivity index (χ1) is 10.6. The number of carbonyl (C=O) groups excluding carboxylic acids is 1. The van der Waals surface area contributed by atoms with Gasteiger partial charge in [-0.05, 0) is 37.8 Å². The van der Waals surface area contributed by atoms with Crippen LogP contribution in [-0.2, 0) is 0 Å². The first-order valence-corrected chi connectivity index (χ1v) is 7.45. The van der Waals surface area contributed by atoms with Gasteiger partial charge < -0.3 is 14.7 Å². The summed E-state index contributed by atoms with van der Waals surface area (Å²) in [4.78, 5) is 14.3. The Morgan fingerprint density at radius 1 is 1.41 bits per heavy atom. The molecule has 1 unspecified atom stereocenters.